The van der Waals surface area contributed by atoms with Crippen molar-refractivity contribution < 1.29 is 28.7 Å². The first kappa shape index (κ1) is 26.4. The summed E-state index contributed by atoms with van der Waals surface area (Å²) in [7, 11) is 2.82. The molecular weight excluding hydrogens is 452 g/mol. The molecule has 3 rings (SSSR count). The molecule has 0 amide bonds. The van der Waals surface area contributed by atoms with E-state index < -0.39 is 22.7 Å². The number of aliphatic imine (C=N–C) groups is 1. The SMILES string of the molecule is CCCCCOC(=O)C1C(C)=NC2=C(C(=O)CC(C)(C)C2)[C@H]1c1cc(OC)c(OC)cc1[N+](=O)[O-]. The summed E-state index contributed by atoms with van der Waals surface area (Å²) >= 11 is 0. The van der Waals surface area contributed by atoms with Gasteiger partial charge in [0.2, 0.25) is 0 Å². The molecule has 0 saturated carbocycles. The van der Waals surface area contributed by atoms with E-state index >= 15 is 0 Å². The monoisotopic (exact) mass is 486 g/mol. The Balaban J connectivity index is 2.22. The molecule has 2 atom stereocenters. The Morgan fingerprint density at radius 2 is 1.83 bits per heavy atom. The van der Waals surface area contributed by atoms with E-state index in [0.717, 1.165) is 12.8 Å². The van der Waals surface area contributed by atoms with Crippen LogP contribution in [0, 0.1) is 21.4 Å². The smallest absolute Gasteiger partial charge is 0.315 e. The number of nitro benzene ring substituents is 1. The molecule has 0 fully saturated rings. The summed E-state index contributed by atoms with van der Waals surface area (Å²) < 4.78 is 16.3. The number of hydrogen-bond donors (Lipinski definition) is 0. The van der Waals surface area contributed by atoms with Crippen LogP contribution >= 0.6 is 0 Å². The minimum Gasteiger partial charge on any atom is -0.493 e. The lowest BCUT2D eigenvalue weighted by atomic mass is 9.66. The van der Waals surface area contributed by atoms with Gasteiger partial charge in [-0.15, -0.1) is 0 Å². The number of methoxy groups -OCH3 is 2. The van der Waals surface area contributed by atoms with Crippen LogP contribution < -0.4 is 9.47 Å². The van der Waals surface area contributed by atoms with Crippen LogP contribution in [0.15, 0.2) is 28.4 Å². The minimum absolute atomic E-state index is 0.162. The van der Waals surface area contributed by atoms with Crippen LogP contribution in [0.1, 0.15) is 71.3 Å². The molecule has 9 heteroatoms. The number of nitrogens with zero attached hydrogens (tertiary/aromatic N) is 2. The van der Waals surface area contributed by atoms with E-state index in [1.807, 2.05) is 13.8 Å². The molecule has 2 aliphatic rings. The van der Waals surface area contributed by atoms with E-state index in [0.29, 0.717) is 29.8 Å². The quantitative estimate of drug-likeness (QED) is 0.205. The zero-order valence-electron chi connectivity index (χ0n) is 21.3. The number of nitro groups is 1. The van der Waals surface area contributed by atoms with Crippen molar-refractivity contribution in [3.63, 3.8) is 0 Å². The van der Waals surface area contributed by atoms with E-state index in [9.17, 15) is 19.7 Å². The number of rotatable bonds is 9. The van der Waals surface area contributed by atoms with Crippen molar-refractivity contribution in [1.82, 2.24) is 0 Å². The summed E-state index contributed by atoms with van der Waals surface area (Å²) in [5, 5.41) is 12.1. The largest absolute Gasteiger partial charge is 0.493 e. The second-order valence-corrected chi connectivity index (χ2v) is 9.91. The maximum Gasteiger partial charge on any atom is 0.315 e. The molecule has 1 aliphatic heterocycles. The van der Waals surface area contributed by atoms with Gasteiger partial charge in [-0.2, -0.15) is 0 Å². The fourth-order valence-electron chi connectivity index (χ4n) is 4.99. The average molecular weight is 487 g/mol. The zero-order valence-corrected chi connectivity index (χ0v) is 21.3. The van der Waals surface area contributed by atoms with Gasteiger partial charge in [-0.05, 0) is 31.2 Å². The number of Topliss-reactive ketones (excluding diaryl/α,β-unsaturated/α-hetero) is 1. The van der Waals surface area contributed by atoms with Gasteiger partial charge in [0.05, 0.1) is 31.8 Å². The second kappa shape index (κ2) is 10.6. The molecule has 0 radical (unpaired) electrons. The van der Waals surface area contributed by atoms with Crippen LogP contribution in [0.4, 0.5) is 5.69 Å². The summed E-state index contributed by atoms with van der Waals surface area (Å²) in [6, 6.07) is 2.77. The Kier molecular flexibility index (Phi) is 7.97. The van der Waals surface area contributed by atoms with Gasteiger partial charge in [-0.1, -0.05) is 33.6 Å². The van der Waals surface area contributed by atoms with E-state index in [-0.39, 0.29) is 47.0 Å². The van der Waals surface area contributed by atoms with Gasteiger partial charge in [0.15, 0.2) is 17.3 Å². The molecular formula is C26H34N2O7. The van der Waals surface area contributed by atoms with E-state index in [1.165, 1.54) is 26.4 Å². The molecule has 1 aliphatic carbocycles. The van der Waals surface area contributed by atoms with Gasteiger partial charge in [0.25, 0.3) is 5.69 Å². The molecule has 9 nitrogen and oxygen atoms in total. The number of ketones is 1. The fourth-order valence-corrected chi connectivity index (χ4v) is 4.99. The number of unbranched alkanes of at least 4 members (excludes halogenated alkanes) is 2. The lowest BCUT2D eigenvalue weighted by molar-refractivity contribution is -0.385. The molecule has 0 saturated heterocycles. The first-order valence-electron chi connectivity index (χ1n) is 11.9. The first-order valence-corrected chi connectivity index (χ1v) is 11.9. The number of carbonyl (C=O) groups excluding carboxylic acids is 2. The predicted octanol–water partition coefficient (Wildman–Crippen LogP) is 5.16. The van der Waals surface area contributed by atoms with E-state index in [2.05, 4.69) is 11.9 Å². The average Bonchev–Trinajstić information content (AvgIpc) is 2.78. The van der Waals surface area contributed by atoms with E-state index in [4.69, 9.17) is 14.2 Å². The number of allylic oxidation sites excluding steroid dienone is 2. The van der Waals surface area contributed by atoms with Crippen molar-refractivity contribution in [1.29, 1.82) is 0 Å². The van der Waals surface area contributed by atoms with Crippen LogP contribution in [0.2, 0.25) is 0 Å². The number of esters is 1. The first-order chi connectivity index (χ1) is 16.5. The number of benzene rings is 1. The summed E-state index contributed by atoms with van der Waals surface area (Å²) in [4.78, 5) is 43.1. The normalized spacial score (nSPS) is 21.2. The second-order valence-electron chi connectivity index (χ2n) is 9.91. The summed E-state index contributed by atoms with van der Waals surface area (Å²) in [5.74, 6) is -2.12. The van der Waals surface area contributed by atoms with E-state index in [1.54, 1.807) is 6.92 Å². The highest BCUT2D eigenvalue weighted by atomic mass is 16.6. The van der Waals surface area contributed by atoms with Gasteiger partial charge in [0.1, 0.15) is 5.92 Å². The van der Waals surface area contributed by atoms with Crippen LogP contribution in [0.25, 0.3) is 0 Å². The highest BCUT2D eigenvalue weighted by molar-refractivity contribution is 6.09. The lowest BCUT2D eigenvalue weighted by Gasteiger charge is -2.38. The minimum atomic E-state index is -0.961. The Morgan fingerprint density at radius 3 is 2.43 bits per heavy atom. The molecule has 1 aromatic carbocycles. The third kappa shape index (κ3) is 5.39. The van der Waals surface area contributed by atoms with Crippen LogP contribution in [-0.4, -0.2) is 43.2 Å². The van der Waals surface area contributed by atoms with Gasteiger partial charge in [0, 0.05) is 34.9 Å². The molecule has 1 aromatic rings. The molecule has 1 unspecified atom stereocenters. The van der Waals surface area contributed by atoms with Crippen LogP contribution in [-0.2, 0) is 14.3 Å². The Morgan fingerprint density at radius 1 is 1.17 bits per heavy atom. The fraction of sp³-hybridized carbons (Fsp3) is 0.577. The van der Waals surface area contributed by atoms with Gasteiger partial charge >= 0.3 is 5.97 Å². The van der Waals surface area contributed by atoms with Crippen molar-refractivity contribution in [3.8, 4) is 11.5 Å². The van der Waals surface area contributed by atoms with Crippen LogP contribution in [0.5, 0.6) is 11.5 Å². The van der Waals surface area contributed by atoms with Gasteiger partial charge in [-0.25, -0.2) is 0 Å². The van der Waals surface area contributed by atoms with Crippen molar-refractivity contribution in [2.24, 2.45) is 16.3 Å². The van der Waals surface area contributed by atoms with Crippen molar-refractivity contribution >= 4 is 23.2 Å². The molecule has 0 spiro atoms. The standard InChI is InChI=1S/C26H34N2O7/c1-7-8-9-10-35-25(30)22-15(2)27-17-13-26(3,4)14-19(29)24(17)23(22)16-11-20(33-5)21(34-6)12-18(16)28(31)32/h11-12,22-23H,7-10,13-14H2,1-6H3/t22?,23-/m0/s1. The summed E-state index contributed by atoms with van der Waals surface area (Å²) in [5.41, 5.74) is 1.05. The summed E-state index contributed by atoms with van der Waals surface area (Å²) in [6.45, 7) is 7.98. The Bertz CT molecular complexity index is 1090. The molecule has 35 heavy (non-hydrogen) atoms. The van der Waals surface area contributed by atoms with Gasteiger partial charge in [-0.3, -0.25) is 24.7 Å². The van der Waals surface area contributed by atoms with Crippen molar-refractivity contribution in [3.05, 3.63) is 39.1 Å². The molecule has 0 bridgehead atoms. The maximum absolute atomic E-state index is 13.5. The molecule has 0 N–H and O–H groups in total. The predicted molar refractivity (Wildman–Crippen MR) is 131 cm³/mol. The van der Waals surface area contributed by atoms with Crippen LogP contribution in [0.3, 0.4) is 0 Å². The number of ether oxygens (including phenoxy) is 3. The number of carbonyl (C=O) groups is 2. The number of hydrogen-bond acceptors (Lipinski definition) is 8. The molecule has 0 aromatic heterocycles. The molecule has 190 valence electrons. The third-order valence-electron chi connectivity index (χ3n) is 6.61. The molecule has 1 heterocycles. The third-order valence-corrected chi connectivity index (χ3v) is 6.61. The Hall–Kier alpha value is -3.23. The Labute approximate surface area is 205 Å². The summed E-state index contributed by atoms with van der Waals surface area (Å²) in [6.07, 6.45) is 3.39. The van der Waals surface area contributed by atoms with Gasteiger partial charge < -0.3 is 14.2 Å². The van der Waals surface area contributed by atoms with Crippen molar-refractivity contribution in [2.75, 3.05) is 20.8 Å². The topological polar surface area (TPSA) is 117 Å². The zero-order chi connectivity index (χ0) is 25.9. The highest BCUT2D eigenvalue weighted by Crippen LogP contribution is 2.51. The lowest BCUT2D eigenvalue weighted by Crippen LogP contribution is -2.39. The van der Waals surface area contributed by atoms with Crippen molar-refractivity contribution in [2.45, 2.75) is 65.7 Å². The highest BCUT2D eigenvalue weighted by Gasteiger charge is 2.48. The maximum atomic E-state index is 13.5.